The minimum Gasteiger partial charge on any atom is -0.497 e. The Morgan fingerprint density at radius 2 is 1.85 bits per heavy atom. The van der Waals surface area contributed by atoms with Gasteiger partial charge in [0.2, 0.25) is 0 Å². The Bertz CT molecular complexity index is 1080. The van der Waals surface area contributed by atoms with Crippen molar-refractivity contribution in [3.8, 4) is 34.2 Å². The van der Waals surface area contributed by atoms with E-state index in [2.05, 4.69) is 4.98 Å². The third kappa shape index (κ3) is 3.16. The number of aromatic nitrogens is 1. The highest BCUT2D eigenvalue weighted by Crippen LogP contribution is 2.28. The first-order valence-corrected chi connectivity index (χ1v) is 7.60. The molecular weight excluding hydrogens is 334 g/mol. The lowest BCUT2D eigenvalue weighted by molar-refractivity contribution is -0.384. The molecule has 1 aromatic heterocycles. The molecule has 0 unspecified atom stereocenters. The molecular formula is C19H13N3O4. The molecule has 0 amide bonds. The predicted octanol–water partition coefficient (Wildman–Crippen LogP) is 3.50. The topological polar surface area (TPSA) is 109 Å². The Morgan fingerprint density at radius 1 is 1.12 bits per heavy atom. The SMILES string of the molecule is COc1ccc(-c2cc(-c3cccc([N+](=O)[O-])c3)[nH]c(=O)c2C#N)cc1. The van der Waals surface area contributed by atoms with Crippen LogP contribution in [0, 0.1) is 21.4 Å². The molecule has 0 radical (unpaired) electrons. The highest BCUT2D eigenvalue weighted by molar-refractivity contribution is 5.76. The Balaban J connectivity index is 2.19. The maximum absolute atomic E-state index is 12.3. The average molecular weight is 347 g/mol. The summed E-state index contributed by atoms with van der Waals surface area (Å²) in [4.78, 5) is 25.4. The summed E-state index contributed by atoms with van der Waals surface area (Å²) in [5.41, 5.74) is 1.32. The maximum atomic E-state index is 12.3. The summed E-state index contributed by atoms with van der Waals surface area (Å²) in [5.74, 6) is 0.649. The predicted molar refractivity (Wildman–Crippen MR) is 95.9 cm³/mol. The smallest absolute Gasteiger partial charge is 0.270 e. The van der Waals surface area contributed by atoms with E-state index in [9.17, 15) is 20.2 Å². The number of nitro groups is 1. The van der Waals surface area contributed by atoms with Crippen LogP contribution in [0.1, 0.15) is 5.56 Å². The first kappa shape index (κ1) is 16.9. The van der Waals surface area contributed by atoms with Crippen LogP contribution in [0.2, 0.25) is 0 Å². The molecule has 3 aromatic rings. The van der Waals surface area contributed by atoms with E-state index in [0.717, 1.165) is 0 Å². The average Bonchev–Trinajstić information content (AvgIpc) is 2.67. The molecule has 128 valence electrons. The number of hydrogen-bond donors (Lipinski definition) is 1. The lowest BCUT2D eigenvalue weighted by Gasteiger charge is -2.09. The van der Waals surface area contributed by atoms with Crippen molar-refractivity contribution in [2.75, 3.05) is 7.11 Å². The minimum absolute atomic E-state index is 0.0238. The van der Waals surface area contributed by atoms with Crippen LogP contribution in [0.5, 0.6) is 5.75 Å². The van der Waals surface area contributed by atoms with Gasteiger partial charge in [0.25, 0.3) is 11.2 Å². The van der Waals surface area contributed by atoms with Crippen LogP contribution in [-0.2, 0) is 0 Å². The third-order valence-electron chi connectivity index (χ3n) is 3.91. The van der Waals surface area contributed by atoms with E-state index in [-0.39, 0.29) is 11.3 Å². The van der Waals surface area contributed by atoms with Crippen molar-refractivity contribution in [1.29, 1.82) is 5.26 Å². The van der Waals surface area contributed by atoms with Crippen molar-refractivity contribution in [2.24, 2.45) is 0 Å². The quantitative estimate of drug-likeness (QED) is 0.574. The van der Waals surface area contributed by atoms with Crippen LogP contribution in [-0.4, -0.2) is 17.0 Å². The molecule has 2 aromatic carbocycles. The van der Waals surface area contributed by atoms with Gasteiger partial charge >= 0.3 is 0 Å². The van der Waals surface area contributed by atoms with E-state index in [1.54, 1.807) is 43.5 Å². The van der Waals surface area contributed by atoms with E-state index in [1.807, 2.05) is 6.07 Å². The molecule has 0 fully saturated rings. The zero-order valence-corrected chi connectivity index (χ0v) is 13.7. The number of aromatic amines is 1. The number of benzene rings is 2. The zero-order valence-electron chi connectivity index (χ0n) is 13.7. The number of nitrogens with zero attached hydrogens (tertiary/aromatic N) is 2. The molecule has 3 rings (SSSR count). The summed E-state index contributed by atoms with van der Waals surface area (Å²) in [6.07, 6.45) is 0. The number of nitriles is 1. The maximum Gasteiger partial charge on any atom is 0.270 e. The normalized spacial score (nSPS) is 10.2. The van der Waals surface area contributed by atoms with Gasteiger partial charge in [-0.15, -0.1) is 0 Å². The Hall–Kier alpha value is -3.92. The Morgan fingerprint density at radius 3 is 2.46 bits per heavy atom. The van der Waals surface area contributed by atoms with Crippen LogP contribution < -0.4 is 10.3 Å². The second-order valence-electron chi connectivity index (χ2n) is 5.45. The van der Waals surface area contributed by atoms with Gasteiger partial charge in [-0.25, -0.2) is 0 Å². The highest BCUT2D eigenvalue weighted by atomic mass is 16.6. The van der Waals surface area contributed by atoms with E-state index >= 15 is 0 Å². The summed E-state index contributed by atoms with van der Waals surface area (Å²) in [5, 5.41) is 20.3. The van der Waals surface area contributed by atoms with Gasteiger partial charge in [-0.1, -0.05) is 24.3 Å². The highest BCUT2D eigenvalue weighted by Gasteiger charge is 2.14. The largest absolute Gasteiger partial charge is 0.497 e. The summed E-state index contributed by atoms with van der Waals surface area (Å²) in [7, 11) is 1.54. The summed E-state index contributed by atoms with van der Waals surface area (Å²) >= 11 is 0. The number of methoxy groups -OCH3 is 1. The van der Waals surface area contributed by atoms with Crippen molar-refractivity contribution < 1.29 is 9.66 Å². The molecule has 0 aliphatic rings. The first-order valence-electron chi connectivity index (χ1n) is 7.60. The van der Waals surface area contributed by atoms with Gasteiger partial charge in [0, 0.05) is 29.0 Å². The number of pyridine rings is 1. The molecule has 0 spiro atoms. The van der Waals surface area contributed by atoms with Crippen molar-refractivity contribution >= 4 is 5.69 Å². The molecule has 0 atom stereocenters. The number of nitro benzene ring substituents is 1. The van der Waals surface area contributed by atoms with Gasteiger partial charge in [0.15, 0.2) is 0 Å². The lowest BCUT2D eigenvalue weighted by atomic mass is 9.99. The van der Waals surface area contributed by atoms with Crippen LogP contribution in [0.4, 0.5) is 5.69 Å². The number of rotatable bonds is 4. The van der Waals surface area contributed by atoms with E-state index in [1.165, 1.54) is 18.2 Å². The Labute approximate surface area is 148 Å². The summed E-state index contributed by atoms with van der Waals surface area (Å²) < 4.78 is 5.12. The first-order chi connectivity index (χ1) is 12.5. The summed E-state index contributed by atoms with van der Waals surface area (Å²) in [6, 6.07) is 16.4. The van der Waals surface area contributed by atoms with E-state index in [4.69, 9.17) is 4.74 Å². The van der Waals surface area contributed by atoms with Gasteiger partial charge in [0.1, 0.15) is 17.4 Å². The molecule has 7 heteroatoms. The van der Waals surface area contributed by atoms with Crippen molar-refractivity contribution in [3.63, 3.8) is 0 Å². The molecule has 0 saturated carbocycles. The number of hydrogen-bond acceptors (Lipinski definition) is 5. The molecule has 0 aliphatic heterocycles. The lowest BCUT2D eigenvalue weighted by Crippen LogP contribution is -2.12. The number of ether oxygens (including phenoxy) is 1. The van der Waals surface area contributed by atoms with Gasteiger partial charge in [-0.05, 0) is 23.8 Å². The second-order valence-corrected chi connectivity index (χ2v) is 5.45. The molecule has 0 bridgehead atoms. The summed E-state index contributed by atoms with van der Waals surface area (Å²) in [6.45, 7) is 0. The molecule has 1 N–H and O–H groups in total. The van der Waals surface area contributed by atoms with Gasteiger partial charge < -0.3 is 9.72 Å². The van der Waals surface area contributed by atoms with Gasteiger partial charge in [-0.2, -0.15) is 5.26 Å². The molecule has 0 aliphatic carbocycles. The van der Waals surface area contributed by atoms with Crippen LogP contribution in [0.25, 0.3) is 22.4 Å². The van der Waals surface area contributed by atoms with Crippen molar-refractivity contribution in [2.45, 2.75) is 0 Å². The fraction of sp³-hybridized carbons (Fsp3) is 0.0526. The number of H-pyrrole nitrogens is 1. The fourth-order valence-electron chi connectivity index (χ4n) is 2.61. The minimum atomic E-state index is -0.553. The molecule has 26 heavy (non-hydrogen) atoms. The molecule has 0 saturated heterocycles. The Kier molecular flexibility index (Phi) is 4.50. The van der Waals surface area contributed by atoms with E-state index in [0.29, 0.717) is 28.1 Å². The van der Waals surface area contributed by atoms with Crippen LogP contribution in [0.15, 0.2) is 59.4 Å². The zero-order chi connectivity index (χ0) is 18.7. The van der Waals surface area contributed by atoms with Gasteiger partial charge in [0.05, 0.1) is 12.0 Å². The monoisotopic (exact) mass is 347 g/mol. The van der Waals surface area contributed by atoms with Crippen molar-refractivity contribution in [3.05, 3.63) is 80.6 Å². The second kappa shape index (κ2) is 6.91. The van der Waals surface area contributed by atoms with Crippen LogP contribution in [0.3, 0.4) is 0 Å². The number of nitrogens with one attached hydrogen (secondary N) is 1. The number of non-ortho nitro benzene ring substituents is 1. The molecule has 7 nitrogen and oxygen atoms in total. The third-order valence-corrected chi connectivity index (χ3v) is 3.91. The van der Waals surface area contributed by atoms with Gasteiger partial charge in [-0.3, -0.25) is 14.9 Å². The standard InChI is InChI=1S/C19H13N3O4/c1-26-15-7-5-12(6-8-15)16-10-18(21-19(23)17(16)11-20)13-3-2-4-14(9-13)22(24)25/h2-10H,1H3,(H,21,23). The van der Waals surface area contributed by atoms with Crippen molar-refractivity contribution in [1.82, 2.24) is 4.98 Å². The molecule has 1 heterocycles. The fourth-order valence-corrected chi connectivity index (χ4v) is 2.61. The van der Waals surface area contributed by atoms with E-state index < -0.39 is 10.5 Å². The van der Waals surface area contributed by atoms with Crippen LogP contribution >= 0.6 is 0 Å².